The number of unbranched alkanes of at least 4 members (excludes halogenated alkanes) is 51. The van der Waals surface area contributed by atoms with Crippen LogP contribution in [0.4, 0.5) is 0 Å². The first kappa shape index (κ1) is 76.1. The number of ether oxygens (including phenoxy) is 1. The van der Waals surface area contributed by atoms with E-state index in [0.29, 0.717) is 19.4 Å². The number of aliphatic hydroxyl groups excluding tert-OH is 2. The van der Waals surface area contributed by atoms with E-state index in [9.17, 15) is 19.8 Å². The number of hydrogen-bond donors (Lipinski definition) is 3. The normalized spacial score (nSPS) is 12.7. The summed E-state index contributed by atoms with van der Waals surface area (Å²) in [6, 6.07) is -0.622. The molecule has 0 bridgehead atoms. The van der Waals surface area contributed by atoms with Crippen molar-refractivity contribution in [3.8, 4) is 0 Å². The van der Waals surface area contributed by atoms with E-state index in [-0.39, 0.29) is 18.5 Å². The van der Waals surface area contributed by atoms with E-state index in [2.05, 4.69) is 43.5 Å². The largest absolute Gasteiger partial charge is 0.466 e. The molecule has 0 saturated carbocycles. The predicted molar refractivity (Wildman–Crippen MR) is 343 cm³/mol. The molecule has 0 saturated heterocycles. The van der Waals surface area contributed by atoms with E-state index in [1.165, 1.54) is 308 Å². The molecule has 0 radical (unpaired) electrons. The van der Waals surface area contributed by atoms with E-state index in [1.807, 2.05) is 6.08 Å². The Morgan fingerprint density at radius 1 is 0.359 bits per heavy atom. The van der Waals surface area contributed by atoms with Gasteiger partial charge in [-0.25, -0.2) is 0 Å². The van der Waals surface area contributed by atoms with Crippen molar-refractivity contribution in [1.82, 2.24) is 5.32 Å². The van der Waals surface area contributed by atoms with Gasteiger partial charge in [-0.3, -0.25) is 9.59 Å². The molecule has 0 aliphatic heterocycles. The standard InChI is InChI=1S/C72H137NO5/c1-3-5-7-9-11-13-15-17-42-46-50-54-58-62-66-72(77)78-67-63-59-55-51-47-43-40-38-36-34-32-30-28-26-24-22-20-18-19-21-23-25-27-29-31-33-35-37-39-41-45-49-53-57-61-65-71(76)73-69(68-74)70(75)64-60-56-52-48-44-16-14-12-10-8-6-4-2/h9,11,15,17,60,64,69-70,74-75H,3-8,10,12-14,16,18-59,61-63,65-68H2,1-2H3,(H,73,76)/b11-9-,17-15-,64-60+. The van der Waals surface area contributed by atoms with Crippen molar-refractivity contribution < 1.29 is 24.5 Å². The second kappa shape index (κ2) is 67.6. The highest BCUT2D eigenvalue weighted by Gasteiger charge is 2.18. The minimum atomic E-state index is -0.839. The Hall–Kier alpha value is -1.92. The van der Waals surface area contributed by atoms with Crippen LogP contribution >= 0.6 is 0 Å². The number of carbonyl (C=O) groups excluding carboxylic acids is 2. The summed E-state index contributed by atoms with van der Waals surface area (Å²) in [4.78, 5) is 24.5. The third-order valence-electron chi connectivity index (χ3n) is 16.4. The van der Waals surface area contributed by atoms with Gasteiger partial charge >= 0.3 is 5.97 Å². The Kier molecular flexibility index (Phi) is 65.9. The van der Waals surface area contributed by atoms with Crippen molar-refractivity contribution in [1.29, 1.82) is 0 Å². The lowest BCUT2D eigenvalue weighted by molar-refractivity contribution is -0.143. The van der Waals surface area contributed by atoms with E-state index in [1.54, 1.807) is 6.08 Å². The lowest BCUT2D eigenvalue weighted by Crippen LogP contribution is -2.45. The SMILES string of the molecule is CCCC/C=C\C/C=C\CCCCCCCC(=O)OCCCCCCCCCCCCCCCCCCCCCCCCCCCCCCCCCCCCCC(=O)NC(CO)C(O)/C=C/CCCCCCCCCCCC. The molecule has 0 rings (SSSR count). The number of allylic oxidation sites excluding steroid dienone is 5. The summed E-state index contributed by atoms with van der Waals surface area (Å²) in [5.41, 5.74) is 0. The van der Waals surface area contributed by atoms with Crippen molar-refractivity contribution in [2.24, 2.45) is 0 Å². The molecule has 0 spiro atoms. The number of carbonyl (C=O) groups is 2. The number of amides is 1. The molecule has 3 N–H and O–H groups in total. The first-order chi connectivity index (χ1) is 38.5. The third-order valence-corrected chi connectivity index (χ3v) is 16.4. The van der Waals surface area contributed by atoms with Crippen molar-refractivity contribution in [2.75, 3.05) is 13.2 Å². The maximum absolute atomic E-state index is 12.5. The Balaban J connectivity index is 3.31. The third kappa shape index (κ3) is 63.3. The van der Waals surface area contributed by atoms with Crippen molar-refractivity contribution >= 4 is 11.9 Å². The zero-order valence-electron chi connectivity index (χ0n) is 52.7. The fourth-order valence-corrected chi connectivity index (χ4v) is 11.0. The molecule has 0 aliphatic rings. The molecule has 2 atom stereocenters. The van der Waals surface area contributed by atoms with E-state index < -0.39 is 12.1 Å². The highest BCUT2D eigenvalue weighted by molar-refractivity contribution is 5.76. The summed E-state index contributed by atoms with van der Waals surface area (Å²) in [7, 11) is 0. The minimum absolute atomic E-state index is 0.00783. The number of nitrogens with one attached hydrogen (secondary N) is 1. The first-order valence-electron chi connectivity index (χ1n) is 35.3. The average molecular weight is 1100 g/mol. The van der Waals surface area contributed by atoms with E-state index in [4.69, 9.17) is 4.74 Å². The van der Waals surface area contributed by atoms with Crippen LogP contribution in [0.2, 0.25) is 0 Å². The maximum Gasteiger partial charge on any atom is 0.305 e. The zero-order valence-corrected chi connectivity index (χ0v) is 52.7. The summed E-state index contributed by atoms with van der Waals surface area (Å²) in [5, 5.41) is 23.1. The summed E-state index contributed by atoms with van der Waals surface area (Å²) in [5.74, 6) is -0.0541. The molecular formula is C72H137NO5. The van der Waals surface area contributed by atoms with Crippen LogP contribution in [0, 0.1) is 0 Å². The van der Waals surface area contributed by atoms with E-state index in [0.717, 1.165) is 51.4 Å². The molecule has 460 valence electrons. The van der Waals surface area contributed by atoms with Crippen LogP contribution in [-0.4, -0.2) is 47.4 Å². The Morgan fingerprint density at radius 2 is 0.654 bits per heavy atom. The highest BCUT2D eigenvalue weighted by atomic mass is 16.5. The minimum Gasteiger partial charge on any atom is -0.466 e. The zero-order chi connectivity index (χ0) is 56.4. The molecule has 0 aromatic heterocycles. The van der Waals surface area contributed by atoms with Gasteiger partial charge in [0.05, 0.1) is 25.4 Å². The fraction of sp³-hybridized carbons (Fsp3) is 0.889. The molecule has 0 fully saturated rings. The average Bonchev–Trinajstić information content (AvgIpc) is 3.44. The molecule has 0 aromatic carbocycles. The van der Waals surface area contributed by atoms with Crippen LogP contribution in [-0.2, 0) is 14.3 Å². The predicted octanol–water partition coefficient (Wildman–Crippen LogP) is 22.7. The number of rotatable bonds is 66. The van der Waals surface area contributed by atoms with Crippen LogP contribution in [0.25, 0.3) is 0 Å². The molecule has 1 amide bonds. The van der Waals surface area contributed by atoms with Gasteiger partial charge in [0, 0.05) is 12.8 Å². The second-order valence-corrected chi connectivity index (χ2v) is 24.2. The van der Waals surface area contributed by atoms with Gasteiger partial charge in [-0.15, -0.1) is 0 Å². The lowest BCUT2D eigenvalue weighted by Gasteiger charge is -2.20. The van der Waals surface area contributed by atoms with Gasteiger partial charge in [0.1, 0.15) is 0 Å². The number of esters is 1. The van der Waals surface area contributed by atoms with Gasteiger partial charge in [0.15, 0.2) is 0 Å². The summed E-state index contributed by atoms with van der Waals surface area (Å²) < 4.78 is 5.48. The Labute approximate surface area is 487 Å². The van der Waals surface area contributed by atoms with Gasteiger partial charge in [-0.05, 0) is 57.8 Å². The molecule has 0 aromatic rings. The molecule has 78 heavy (non-hydrogen) atoms. The summed E-state index contributed by atoms with van der Waals surface area (Å²) >= 11 is 0. The van der Waals surface area contributed by atoms with Gasteiger partial charge in [-0.2, -0.15) is 0 Å². The maximum atomic E-state index is 12.5. The van der Waals surface area contributed by atoms with Crippen LogP contribution in [0.3, 0.4) is 0 Å². The van der Waals surface area contributed by atoms with E-state index >= 15 is 0 Å². The number of hydrogen-bond acceptors (Lipinski definition) is 5. The number of aliphatic hydroxyl groups is 2. The highest BCUT2D eigenvalue weighted by Crippen LogP contribution is 2.19. The van der Waals surface area contributed by atoms with Gasteiger partial charge in [-0.1, -0.05) is 352 Å². The lowest BCUT2D eigenvalue weighted by atomic mass is 10.0. The molecule has 0 heterocycles. The summed E-state index contributed by atoms with van der Waals surface area (Å²) in [6.07, 6.45) is 86.7. The van der Waals surface area contributed by atoms with Gasteiger partial charge in [0.25, 0.3) is 0 Å². The van der Waals surface area contributed by atoms with Crippen LogP contribution in [0.15, 0.2) is 36.5 Å². The topological polar surface area (TPSA) is 95.9 Å². The Morgan fingerprint density at radius 3 is 1.01 bits per heavy atom. The Bertz CT molecular complexity index is 1260. The summed E-state index contributed by atoms with van der Waals surface area (Å²) in [6.45, 7) is 4.87. The van der Waals surface area contributed by atoms with Gasteiger partial charge in [0.2, 0.25) is 5.91 Å². The van der Waals surface area contributed by atoms with Crippen LogP contribution < -0.4 is 5.32 Å². The van der Waals surface area contributed by atoms with Crippen LogP contribution in [0.1, 0.15) is 386 Å². The quantitative estimate of drug-likeness (QED) is 0.0320. The van der Waals surface area contributed by atoms with Gasteiger partial charge < -0.3 is 20.3 Å². The molecule has 6 heteroatoms. The second-order valence-electron chi connectivity index (χ2n) is 24.2. The smallest absolute Gasteiger partial charge is 0.305 e. The molecule has 2 unspecified atom stereocenters. The van der Waals surface area contributed by atoms with Crippen LogP contribution in [0.5, 0.6) is 0 Å². The van der Waals surface area contributed by atoms with Crippen molar-refractivity contribution in [2.45, 2.75) is 398 Å². The van der Waals surface area contributed by atoms with Crippen molar-refractivity contribution in [3.63, 3.8) is 0 Å². The molecular weight excluding hydrogens is 959 g/mol. The molecule has 0 aliphatic carbocycles. The first-order valence-corrected chi connectivity index (χ1v) is 35.3. The monoisotopic (exact) mass is 1100 g/mol. The van der Waals surface area contributed by atoms with Crippen molar-refractivity contribution in [3.05, 3.63) is 36.5 Å². The fourth-order valence-electron chi connectivity index (χ4n) is 11.0. The molecule has 6 nitrogen and oxygen atoms in total.